The molecule has 0 saturated heterocycles. The quantitative estimate of drug-likeness (QED) is 0.737. The highest BCUT2D eigenvalue weighted by atomic mass is 16.3. The van der Waals surface area contributed by atoms with E-state index in [1.165, 1.54) is 25.5 Å². The molecule has 1 heterocycles. The van der Waals surface area contributed by atoms with Crippen LogP contribution in [0.5, 0.6) is 5.75 Å². The molecule has 2 aromatic rings. The van der Waals surface area contributed by atoms with E-state index in [0.717, 1.165) is 42.6 Å². The van der Waals surface area contributed by atoms with E-state index >= 15 is 0 Å². The van der Waals surface area contributed by atoms with Crippen molar-refractivity contribution in [3.63, 3.8) is 0 Å². The van der Waals surface area contributed by atoms with Crippen LogP contribution in [0.3, 0.4) is 0 Å². The van der Waals surface area contributed by atoms with Gasteiger partial charge in [-0.3, -0.25) is 4.79 Å². The third kappa shape index (κ3) is 3.30. The fourth-order valence-corrected chi connectivity index (χ4v) is 6.10. The Morgan fingerprint density at radius 2 is 1.79 bits per heavy atom. The molecule has 148 valence electrons. The number of phenolic OH excluding ortho intramolecular Hbond substituents is 1. The Bertz CT molecular complexity index is 838. The number of benzene rings is 1. The molecule has 4 bridgehead atoms. The zero-order chi connectivity index (χ0) is 19.3. The number of nitrogens with two attached hydrogens (primary N) is 1. The number of nitrogens with one attached hydrogen (secondary N) is 1. The molecule has 28 heavy (non-hydrogen) atoms. The maximum atomic E-state index is 12.9. The number of aromatic hydroxyl groups is 1. The number of carbonyl (C=O) groups is 1. The average molecular weight is 381 g/mol. The maximum absolute atomic E-state index is 12.9. The second-order valence-electron chi connectivity index (χ2n) is 9.20. The molecule has 1 amide bonds. The van der Waals surface area contributed by atoms with Crippen molar-refractivity contribution >= 4 is 5.91 Å². The number of carbonyl (C=O) groups excluding carboxylic acids is 1. The Hall–Kier alpha value is -2.34. The summed E-state index contributed by atoms with van der Waals surface area (Å²) in [5.74, 6) is 2.77. The minimum atomic E-state index is -0.439. The van der Waals surface area contributed by atoms with Crippen LogP contribution in [0.2, 0.25) is 0 Å². The summed E-state index contributed by atoms with van der Waals surface area (Å²) >= 11 is 0. The van der Waals surface area contributed by atoms with Crippen LogP contribution in [0, 0.1) is 17.8 Å². The second-order valence-corrected chi connectivity index (χ2v) is 9.20. The fourth-order valence-electron chi connectivity index (χ4n) is 6.10. The molecule has 4 saturated carbocycles. The highest BCUT2D eigenvalue weighted by Gasteiger charge is 2.51. The van der Waals surface area contributed by atoms with Crippen LogP contribution in [0.25, 0.3) is 0 Å². The molecule has 1 atom stereocenters. The largest absolute Gasteiger partial charge is 0.508 e. The molecular weight excluding hydrogens is 354 g/mol. The third-order valence-electron chi connectivity index (χ3n) is 6.88. The minimum Gasteiger partial charge on any atom is -0.508 e. The molecule has 1 aromatic carbocycles. The van der Waals surface area contributed by atoms with Crippen LogP contribution in [0.4, 0.5) is 0 Å². The van der Waals surface area contributed by atoms with Crippen molar-refractivity contribution in [2.75, 3.05) is 0 Å². The van der Waals surface area contributed by atoms with Gasteiger partial charge in [0.2, 0.25) is 5.89 Å². The van der Waals surface area contributed by atoms with E-state index in [1.54, 1.807) is 12.1 Å². The van der Waals surface area contributed by atoms with Gasteiger partial charge in [-0.2, -0.15) is 0 Å². The Kier molecular flexibility index (Phi) is 4.19. The summed E-state index contributed by atoms with van der Waals surface area (Å²) in [4.78, 5) is 17.2. The van der Waals surface area contributed by atoms with Crippen LogP contribution >= 0.6 is 0 Å². The lowest BCUT2D eigenvalue weighted by Gasteiger charge is -2.56. The lowest BCUT2D eigenvalue weighted by Crippen LogP contribution is -2.59. The predicted octanol–water partition coefficient (Wildman–Crippen LogP) is 3.32. The number of amides is 1. The number of aromatic nitrogens is 1. The van der Waals surface area contributed by atoms with Gasteiger partial charge in [-0.15, -0.1) is 0 Å². The van der Waals surface area contributed by atoms with Crippen LogP contribution in [-0.2, 0) is 6.42 Å². The fraction of sp³-hybridized carbons (Fsp3) is 0.545. The number of hydrogen-bond acceptors (Lipinski definition) is 5. The Balaban J connectivity index is 1.25. The Morgan fingerprint density at radius 3 is 2.39 bits per heavy atom. The van der Waals surface area contributed by atoms with Gasteiger partial charge >= 0.3 is 0 Å². The standard InChI is InChI=1S/C22H27N3O3/c23-18(8-13-1-3-17(26)4-2-13)21-24-19(12-28-21)20(27)25-22-9-14-5-15(10-22)7-16(6-14)11-22/h1-4,12,14-16,18,26H,5-11,23H2,(H,25,27). The van der Waals surface area contributed by atoms with Crippen molar-refractivity contribution in [1.82, 2.24) is 10.3 Å². The third-order valence-corrected chi connectivity index (χ3v) is 6.88. The van der Waals surface area contributed by atoms with E-state index in [2.05, 4.69) is 10.3 Å². The number of hydrogen-bond donors (Lipinski definition) is 3. The van der Waals surface area contributed by atoms with Crippen molar-refractivity contribution in [3.8, 4) is 5.75 Å². The van der Waals surface area contributed by atoms with Gasteiger partial charge in [0.1, 0.15) is 12.0 Å². The molecule has 4 fully saturated rings. The normalized spacial score (nSPS) is 31.7. The molecule has 1 aromatic heterocycles. The van der Waals surface area contributed by atoms with Gasteiger partial charge in [0, 0.05) is 5.54 Å². The van der Waals surface area contributed by atoms with Gasteiger partial charge in [-0.05, 0) is 80.4 Å². The van der Waals surface area contributed by atoms with Crippen LogP contribution < -0.4 is 11.1 Å². The zero-order valence-corrected chi connectivity index (χ0v) is 15.9. The van der Waals surface area contributed by atoms with Crippen LogP contribution in [-0.4, -0.2) is 21.5 Å². The van der Waals surface area contributed by atoms with Crippen molar-refractivity contribution in [3.05, 3.63) is 47.7 Å². The molecule has 4 aliphatic carbocycles. The Labute approximate surface area is 164 Å². The Morgan fingerprint density at radius 1 is 1.18 bits per heavy atom. The predicted molar refractivity (Wildman–Crippen MR) is 104 cm³/mol. The summed E-state index contributed by atoms with van der Waals surface area (Å²) in [5, 5.41) is 12.7. The smallest absolute Gasteiger partial charge is 0.273 e. The average Bonchev–Trinajstić information content (AvgIpc) is 3.12. The van der Waals surface area contributed by atoms with Crippen molar-refractivity contribution in [2.45, 2.75) is 56.5 Å². The number of rotatable bonds is 5. The first kappa shape index (κ1) is 17.7. The van der Waals surface area contributed by atoms with E-state index in [4.69, 9.17) is 10.2 Å². The SMILES string of the molecule is NC(Cc1ccc(O)cc1)c1nc(C(=O)NC23CC4CC(CC(C4)C2)C3)co1. The first-order valence-electron chi connectivity index (χ1n) is 10.3. The van der Waals surface area contributed by atoms with Gasteiger partial charge in [0.05, 0.1) is 6.04 Å². The van der Waals surface area contributed by atoms with E-state index in [9.17, 15) is 9.90 Å². The van der Waals surface area contributed by atoms with Gasteiger partial charge in [0.15, 0.2) is 5.69 Å². The van der Waals surface area contributed by atoms with E-state index in [1.807, 2.05) is 12.1 Å². The van der Waals surface area contributed by atoms with Gasteiger partial charge in [-0.25, -0.2) is 4.98 Å². The van der Waals surface area contributed by atoms with E-state index in [0.29, 0.717) is 18.0 Å². The molecule has 1 unspecified atom stereocenters. The molecule has 4 N–H and O–H groups in total. The summed E-state index contributed by atoms with van der Waals surface area (Å²) in [6.07, 6.45) is 9.29. The van der Waals surface area contributed by atoms with Gasteiger partial charge in [0.25, 0.3) is 5.91 Å². The molecule has 0 aliphatic heterocycles. The summed E-state index contributed by atoms with van der Waals surface area (Å²) in [7, 11) is 0. The first-order valence-corrected chi connectivity index (χ1v) is 10.3. The highest BCUT2D eigenvalue weighted by molar-refractivity contribution is 5.92. The molecular formula is C22H27N3O3. The first-order chi connectivity index (χ1) is 13.5. The minimum absolute atomic E-state index is 0.0426. The lowest BCUT2D eigenvalue weighted by molar-refractivity contribution is -0.0167. The van der Waals surface area contributed by atoms with Crippen LogP contribution in [0.15, 0.2) is 34.9 Å². The molecule has 4 aliphatic rings. The van der Waals surface area contributed by atoms with Gasteiger partial charge in [-0.1, -0.05) is 12.1 Å². The second kappa shape index (κ2) is 6.62. The zero-order valence-electron chi connectivity index (χ0n) is 15.9. The molecule has 6 rings (SSSR count). The molecule has 6 heteroatoms. The lowest BCUT2D eigenvalue weighted by atomic mass is 9.53. The maximum Gasteiger partial charge on any atom is 0.273 e. The summed E-state index contributed by atoms with van der Waals surface area (Å²) < 4.78 is 5.52. The number of oxazole rings is 1. The van der Waals surface area contributed by atoms with E-state index < -0.39 is 6.04 Å². The van der Waals surface area contributed by atoms with E-state index in [-0.39, 0.29) is 17.2 Å². The monoisotopic (exact) mass is 381 g/mol. The molecule has 6 nitrogen and oxygen atoms in total. The van der Waals surface area contributed by atoms with Gasteiger partial charge < -0.3 is 20.6 Å². The van der Waals surface area contributed by atoms with Crippen molar-refractivity contribution < 1.29 is 14.3 Å². The molecule has 0 spiro atoms. The highest BCUT2D eigenvalue weighted by Crippen LogP contribution is 2.55. The van der Waals surface area contributed by atoms with Crippen molar-refractivity contribution in [1.29, 1.82) is 0 Å². The number of phenols is 1. The van der Waals surface area contributed by atoms with Crippen molar-refractivity contribution in [2.24, 2.45) is 23.5 Å². The summed E-state index contributed by atoms with van der Waals surface area (Å²) in [5.41, 5.74) is 7.46. The summed E-state index contributed by atoms with van der Waals surface area (Å²) in [6, 6.07) is 6.45. The molecule has 0 radical (unpaired) electrons. The van der Waals surface area contributed by atoms with Crippen LogP contribution in [0.1, 0.15) is 66.5 Å². The number of nitrogens with zero attached hydrogens (tertiary/aromatic N) is 1. The summed E-state index contributed by atoms with van der Waals surface area (Å²) in [6.45, 7) is 0. The topological polar surface area (TPSA) is 101 Å².